The summed E-state index contributed by atoms with van der Waals surface area (Å²) in [5.74, 6) is -1.80. The average Bonchev–Trinajstić information content (AvgIpc) is 3.13. The lowest BCUT2D eigenvalue weighted by molar-refractivity contribution is -0.146. The molecule has 2 unspecified atom stereocenters. The van der Waals surface area contributed by atoms with Gasteiger partial charge in [-0.3, -0.25) is 4.79 Å². The molecule has 1 aliphatic rings. The third-order valence-corrected chi connectivity index (χ3v) is 4.42. The smallest absolute Gasteiger partial charge is 0.416 e. The Bertz CT molecular complexity index is 861. The van der Waals surface area contributed by atoms with Gasteiger partial charge in [0.25, 0.3) is 0 Å². The molecule has 28 heavy (non-hydrogen) atoms. The van der Waals surface area contributed by atoms with E-state index in [2.05, 4.69) is 0 Å². The van der Waals surface area contributed by atoms with Gasteiger partial charge >= 0.3 is 12.1 Å². The highest BCUT2D eigenvalue weighted by Gasteiger charge is 2.35. The van der Waals surface area contributed by atoms with Gasteiger partial charge in [-0.1, -0.05) is 18.2 Å². The summed E-state index contributed by atoms with van der Waals surface area (Å²) in [6.45, 7) is 1.76. The van der Waals surface area contributed by atoms with Crippen molar-refractivity contribution in [3.05, 3.63) is 59.2 Å². The molecule has 0 aliphatic carbocycles. The largest absolute Gasteiger partial charge is 0.465 e. The van der Waals surface area contributed by atoms with Gasteiger partial charge in [0, 0.05) is 0 Å². The van der Waals surface area contributed by atoms with Crippen molar-refractivity contribution in [1.82, 2.24) is 0 Å². The summed E-state index contributed by atoms with van der Waals surface area (Å²) in [5, 5.41) is 0. The van der Waals surface area contributed by atoms with E-state index in [-0.39, 0.29) is 19.0 Å². The lowest BCUT2D eigenvalue weighted by Gasteiger charge is -2.23. The van der Waals surface area contributed by atoms with Gasteiger partial charge in [-0.15, -0.1) is 0 Å². The van der Waals surface area contributed by atoms with Crippen LogP contribution in [0.3, 0.4) is 0 Å². The number of carbonyl (C=O) groups excluding carboxylic acids is 2. The number of alkyl halides is 3. The van der Waals surface area contributed by atoms with Gasteiger partial charge in [0.15, 0.2) is 11.5 Å². The van der Waals surface area contributed by atoms with Gasteiger partial charge in [-0.05, 0) is 42.3 Å². The second kappa shape index (κ2) is 7.92. The van der Waals surface area contributed by atoms with Crippen LogP contribution in [0.15, 0.2) is 42.5 Å². The van der Waals surface area contributed by atoms with E-state index in [4.69, 9.17) is 14.2 Å². The molecule has 0 bridgehead atoms. The molecule has 3 rings (SSSR count). The maximum absolute atomic E-state index is 12.8. The van der Waals surface area contributed by atoms with E-state index in [1.54, 1.807) is 25.1 Å². The molecule has 2 aromatic rings. The minimum atomic E-state index is -4.49. The van der Waals surface area contributed by atoms with Crippen molar-refractivity contribution in [1.29, 1.82) is 0 Å². The van der Waals surface area contributed by atoms with Crippen LogP contribution in [0.5, 0.6) is 11.5 Å². The second-order valence-corrected chi connectivity index (χ2v) is 6.12. The highest BCUT2D eigenvalue weighted by Crippen LogP contribution is 2.40. The maximum Gasteiger partial charge on any atom is 0.416 e. The van der Waals surface area contributed by atoms with Crippen LogP contribution >= 0.6 is 0 Å². The molecule has 1 aliphatic heterocycles. The molecule has 0 fully saturated rings. The molecule has 0 saturated carbocycles. The van der Waals surface area contributed by atoms with Crippen molar-refractivity contribution >= 4 is 12.3 Å². The maximum atomic E-state index is 12.8. The van der Waals surface area contributed by atoms with Crippen LogP contribution < -0.4 is 9.47 Å². The number of ether oxygens (including phenoxy) is 3. The third-order valence-electron chi connectivity index (χ3n) is 4.42. The zero-order chi connectivity index (χ0) is 20.3. The number of carbonyl (C=O) groups is 2. The predicted molar refractivity (Wildman–Crippen MR) is 92.2 cm³/mol. The molecule has 148 valence electrons. The van der Waals surface area contributed by atoms with Gasteiger partial charge in [0.05, 0.1) is 24.0 Å². The molecule has 0 radical (unpaired) electrons. The number of benzene rings is 2. The molecule has 8 heteroatoms. The normalized spacial score (nSPS) is 15.0. The van der Waals surface area contributed by atoms with Gasteiger partial charge < -0.3 is 19.0 Å². The first kappa shape index (κ1) is 19.7. The number of fused-ring (bicyclic) bond motifs is 1. The quantitative estimate of drug-likeness (QED) is 0.546. The van der Waals surface area contributed by atoms with E-state index in [1.807, 2.05) is 0 Å². The van der Waals surface area contributed by atoms with E-state index >= 15 is 0 Å². The Labute approximate surface area is 159 Å². The number of hydrogen-bond donors (Lipinski definition) is 0. The molecule has 0 amide bonds. The molecular formula is C20H17F3O5. The molecule has 5 nitrogen and oxygen atoms in total. The van der Waals surface area contributed by atoms with Crippen LogP contribution in [0, 0.1) is 0 Å². The Hall–Kier alpha value is -3.03. The van der Waals surface area contributed by atoms with Gasteiger partial charge in [0.1, 0.15) is 6.29 Å². The van der Waals surface area contributed by atoms with E-state index in [0.717, 1.165) is 12.1 Å². The highest BCUT2D eigenvalue weighted by atomic mass is 19.4. The summed E-state index contributed by atoms with van der Waals surface area (Å²) < 4.78 is 54.1. The van der Waals surface area contributed by atoms with Crippen LogP contribution in [0.4, 0.5) is 13.2 Å². The van der Waals surface area contributed by atoms with Gasteiger partial charge in [-0.2, -0.15) is 13.2 Å². The summed E-state index contributed by atoms with van der Waals surface area (Å²) in [6.07, 6.45) is -3.96. The minimum absolute atomic E-state index is 0.0405. The summed E-state index contributed by atoms with van der Waals surface area (Å²) in [4.78, 5) is 24.5. The van der Waals surface area contributed by atoms with Crippen molar-refractivity contribution in [2.45, 2.75) is 24.9 Å². The number of rotatable bonds is 6. The molecular weight excluding hydrogens is 377 g/mol. The van der Waals surface area contributed by atoms with E-state index < -0.39 is 29.5 Å². The Morgan fingerprint density at radius 3 is 2.36 bits per heavy atom. The Balaban J connectivity index is 2.00. The van der Waals surface area contributed by atoms with Crippen LogP contribution in [0.1, 0.15) is 35.4 Å². The SMILES string of the molecule is CCOC(=O)C(c1ccc2c(c1)OCO2)C(C=O)c1ccc(C(F)(F)F)cc1. The van der Waals surface area contributed by atoms with Gasteiger partial charge in [-0.25, -0.2) is 0 Å². The average molecular weight is 394 g/mol. The Morgan fingerprint density at radius 1 is 1.11 bits per heavy atom. The zero-order valence-electron chi connectivity index (χ0n) is 14.9. The van der Waals surface area contributed by atoms with Gasteiger partial charge in [0.2, 0.25) is 6.79 Å². The fourth-order valence-corrected chi connectivity index (χ4v) is 3.07. The van der Waals surface area contributed by atoms with Crippen molar-refractivity contribution in [2.75, 3.05) is 13.4 Å². The van der Waals surface area contributed by atoms with E-state index in [0.29, 0.717) is 23.3 Å². The van der Waals surface area contributed by atoms with Crippen LogP contribution in [-0.2, 0) is 20.5 Å². The Kier molecular flexibility index (Phi) is 5.58. The molecule has 0 N–H and O–H groups in total. The first-order chi connectivity index (χ1) is 13.3. The van der Waals surface area contributed by atoms with Crippen molar-refractivity contribution in [3.8, 4) is 11.5 Å². The van der Waals surface area contributed by atoms with E-state index in [9.17, 15) is 22.8 Å². The first-order valence-electron chi connectivity index (χ1n) is 8.53. The summed E-state index contributed by atoms with van der Waals surface area (Å²) >= 11 is 0. The predicted octanol–water partition coefficient (Wildman–Crippen LogP) is 4.06. The fourth-order valence-electron chi connectivity index (χ4n) is 3.07. The van der Waals surface area contributed by atoms with Crippen LogP contribution in [-0.4, -0.2) is 25.7 Å². The number of aldehydes is 1. The van der Waals surface area contributed by atoms with Crippen LogP contribution in [0.2, 0.25) is 0 Å². The first-order valence-corrected chi connectivity index (χ1v) is 8.53. The zero-order valence-corrected chi connectivity index (χ0v) is 14.9. The molecule has 0 saturated heterocycles. The van der Waals surface area contributed by atoms with E-state index in [1.165, 1.54) is 12.1 Å². The molecule has 0 aromatic heterocycles. The standard InChI is InChI=1S/C20H17F3O5/c1-2-26-19(25)18(13-5-8-16-17(9-13)28-11-27-16)15(10-24)12-3-6-14(7-4-12)20(21,22)23/h3-10,15,18H,2,11H2,1H3. The Morgan fingerprint density at radius 2 is 1.75 bits per heavy atom. The van der Waals surface area contributed by atoms with Crippen molar-refractivity contribution < 1.29 is 37.0 Å². The molecule has 0 spiro atoms. The minimum Gasteiger partial charge on any atom is -0.465 e. The lowest BCUT2D eigenvalue weighted by Crippen LogP contribution is -2.24. The highest BCUT2D eigenvalue weighted by molar-refractivity contribution is 5.85. The van der Waals surface area contributed by atoms with Crippen LogP contribution in [0.25, 0.3) is 0 Å². The third kappa shape index (κ3) is 3.95. The summed E-state index contributed by atoms with van der Waals surface area (Å²) in [7, 11) is 0. The lowest BCUT2D eigenvalue weighted by atomic mass is 9.82. The topological polar surface area (TPSA) is 61.8 Å². The molecule has 1 heterocycles. The summed E-state index contributed by atoms with van der Waals surface area (Å²) in [6, 6.07) is 8.95. The number of hydrogen-bond acceptors (Lipinski definition) is 5. The molecule has 2 aromatic carbocycles. The summed E-state index contributed by atoms with van der Waals surface area (Å²) in [5.41, 5.74) is -0.116. The fraction of sp³-hybridized carbons (Fsp3) is 0.300. The van der Waals surface area contributed by atoms with Crippen molar-refractivity contribution in [3.63, 3.8) is 0 Å². The number of esters is 1. The molecule has 2 atom stereocenters. The van der Waals surface area contributed by atoms with Crippen molar-refractivity contribution in [2.24, 2.45) is 0 Å². The monoisotopic (exact) mass is 394 g/mol. The number of halogens is 3. The second-order valence-electron chi connectivity index (χ2n) is 6.12.